The molecule has 13 rings (SSSR count). The van der Waals surface area contributed by atoms with Gasteiger partial charge in [-0.15, -0.1) is 0 Å². The van der Waals surface area contributed by atoms with E-state index in [1.165, 1.54) is 96.3 Å². The molecule has 0 N–H and O–H groups in total. The van der Waals surface area contributed by atoms with Crippen molar-refractivity contribution in [2.75, 3.05) is 4.90 Å². The highest BCUT2D eigenvalue weighted by Crippen LogP contribution is 2.50. The summed E-state index contributed by atoms with van der Waals surface area (Å²) in [5, 5.41) is 4.93. The first kappa shape index (κ1) is 39.2. The Kier molecular flexibility index (Phi) is 9.60. The summed E-state index contributed by atoms with van der Waals surface area (Å²) in [7, 11) is 0. The van der Waals surface area contributed by atoms with E-state index in [0.717, 1.165) is 40.5 Å². The van der Waals surface area contributed by atoms with Crippen LogP contribution in [0.2, 0.25) is 0 Å². The first-order valence-electron chi connectivity index (χ1n) is 23.8. The minimum atomic E-state index is 0.317. The predicted octanol–water partition coefficient (Wildman–Crippen LogP) is 17.5. The lowest BCUT2D eigenvalue weighted by Gasteiger charge is -2.26. The van der Waals surface area contributed by atoms with Gasteiger partial charge in [-0.2, -0.15) is 0 Å². The number of para-hydroxylation sites is 3. The van der Waals surface area contributed by atoms with Crippen LogP contribution in [0.4, 0.5) is 17.1 Å². The highest BCUT2D eigenvalue weighted by Gasteiger charge is 2.37. The number of rotatable bonds is 8. The minimum Gasteiger partial charge on any atom is -0.489 e. The normalized spacial score (nSPS) is 15.3. The Labute approximate surface area is 391 Å². The molecule has 2 atom stereocenters. The number of aromatic nitrogens is 1. The smallest absolute Gasteiger partial charge is 0.131 e. The molecule has 2 aliphatic rings. The van der Waals surface area contributed by atoms with Crippen LogP contribution in [0.5, 0.6) is 5.75 Å². The van der Waals surface area contributed by atoms with Crippen LogP contribution in [-0.4, -0.2) is 10.7 Å². The summed E-state index contributed by atoms with van der Waals surface area (Å²) in [6.45, 7) is 0. The van der Waals surface area contributed by atoms with Crippen molar-refractivity contribution >= 4 is 49.6 Å². The van der Waals surface area contributed by atoms with Crippen molar-refractivity contribution in [1.29, 1.82) is 0 Å². The van der Waals surface area contributed by atoms with Gasteiger partial charge in [-0.1, -0.05) is 176 Å². The third-order valence-electron chi connectivity index (χ3n) is 14.4. The lowest BCUT2D eigenvalue weighted by molar-refractivity contribution is 0.164. The standard InChI is InChI=1S/C64H48N2O/c1-2-14-43(15-3-1)49-33-39-54(62(42-49)66-60-25-9-6-20-56(60)57-21-7-10-26-61(57)66)46-31-36-52(37-32-46)65(53-38-30-44-16-4-5-17-48(44)41-53)51-34-28-45(29-35-51)47-18-12-19-50(40-47)55-23-13-24-59-58-22-8-11-27-63(58)67-64(55)59/h1-7,9-10,12-21,23-26,28-42,58,63H,8,11,22,27H2. The number of ether oxygens (including phenoxy) is 1. The Morgan fingerprint density at radius 1 is 0.388 bits per heavy atom. The quantitative estimate of drug-likeness (QED) is 0.151. The van der Waals surface area contributed by atoms with Gasteiger partial charge in [-0.3, -0.25) is 0 Å². The van der Waals surface area contributed by atoms with E-state index in [0.29, 0.717) is 12.0 Å². The van der Waals surface area contributed by atoms with E-state index in [1.54, 1.807) is 0 Å². The van der Waals surface area contributed by atoms with Gasteiger partial charge in [0.15, 0.2) is 0 Å². The summed E-state index contributed by atoms with van der Waals surface area (Å²) >= 11 is 0. The fourth-order valence-electron chi connectivity index (χ4n) is 11.1. The van der Waals surface area contributed by atoms with E-state index in [9.17, 15) is 0 Å². The average Bonchev–Trinajstić information content (AvgIpc) is 3.95. The largest absolute Gasteiger partial charge is 0.489 e. The van der Waals surface area contributed by atoms with E-state index in [-0.39, 0.29) is 0 Å². The minimum absolute atomic E-state index is 0.317. The maximum atomic E-state index is 6.70. The van der Waals surface area contributed by atoms with E-state index in [4.69, 9.17) is 4.74 Å². The fourth-order valence-corrected chi connectivity index (χ4v) is 11.1. The summed E-state index contributed by atoms with van der Waals surface area (Å²) in [6.07, 6.45) is 5.24. The van der Waals surface area contributed by atoms with E-state index >= 15 is 0 Å². The van der Waals surface area contributed by atoms with Crippen LogP contribution in [-0.2, 0) is 0 Å². The summed E-state index contributed by atoms with van der Waals surface area (Å²) in [5.41, 5.74) is 17.7. The van der Waals surface area contributed by atoms with Crippen LogP contribution in [0.3, 0.4) is 0 Å². The number of hydrogen-bond donors (Lipinski definition) is 0. The molecule has 2 heterocycles. The van der Waals surface area contributed by atoms with E-state index < -0.39 is 0 Å². The van der Waals surface area contributed by atoms with Gasteiger partial charge < -0.3 is 14.2 Å². The summed E-state index contributed by atoms with van der Waals surface area (Å²) in [4.78, 5) is 2.38. The molecule has 10 aromatic carbocycles. The van der Waals surface area contributed by atoms with Gasteiger partial charge in [-0.25, -0.2) is 0 Å². The molecule has 1 aliphatic carbocycles. The summed E-state index contributed by atoms with van der Waals surface area (Å²) in [5.74, 6) is 1.62. The van der Waals surface area contributed by atoms with Crippen molar-refractivity contribution in [3.8, 4) is 55.9 Å². The van der Waals surface area contributed by atoms with Crippen molar-refractivity contribution in [2.45, 2.75) is 37.7 Å². The molecule has 3 nitrogen and oxygen atoms in total. The second kappa shape index (κ2) is 16.4. The molecule has 1 saturated carbocycles. The van der Waals surface area contributed by atoms with E-state index in [1.807, 2.05) is 0 Å². The number of nitrogens with zero attached hydrogens (tertiary/aromatic N) is 2. The molecule has 0 amide bonds. The zero-order valence-corrected chi connectivity index (χ0v) is 37.2. The molecule has 67 heavy (non-hydrogen) atoms. The van der Waals surface area contributed by atoms with Crippen molar-refractivity contribution in [3.05, 3.63) is 236 Å². The highest BCUT2D eigenvalue weighted by molar-refractivity contribution is 6.10. The summed E-state index contributed by atoms with van der Waals surface area (Å²) in [6, 6.07) is 84.5. The zero-order valence-electron chi connectivity index (χ0n) is 37.2. The van der Waals surface area contributed by atoms with Gasteiger partial charge in [-0.05, 0) is 124 Å². The first-order valence-corrected chi connectivity index (χ1v) is 23.8. The molecular weight excluding hydrogens is 813 g/mol. The number of hydrogen-bond acceptors (Lipinski definition) is 2. The van der Waals surface area contributed by atoms with E-state index in [2.05, 4.69) is 240 Å². The van der Waals surface area contributed by atoms with Gasteiger partial charge in [0.25, 0.3) is 0 Å². The molecule has 2 unspecified atom stereocenters. The molecule has 1 aliphatic heterocycles. The Hall–Kier alpha value is -8.14. The Bertz CT molecular complexity index is 3570. The van der Waals surface area contributed by atoms with Gasteiger partial charge in [0, 0.05) is 50.4 Å². The summed E-state index contributed by atoms with van der Waals surface area (Å²) < 4.78 is 9.14. The maximum absolute atomic E-state index is 6.70. The third kappa shape index (κ3) is 6.89. The molecule has 320 valence electrons. The van der Waals surface area contributed by atoms with Gasteiger partial charge in [0.05, 0.1) is 16.7 Å². The van der Waals surface area contributed by atoms with Crippen molar-refractivity contribution in [2.24, 2.45) is 0 Å². The second-order valence-corrected chi connectivity index (χ2v) is 18.3. The lowest BCUT2D eigenvalue weighted by atomic mass is 9.82. The molecule has 3 heteroatoms. The van der Waals surface area contributed by atoms with Crippen LogP contribution >= 0.6 is 0 Å². The number of benzene rings is 10. The van der Waals surface area contributed by atoms with Crippen LogP contribution < -0.4 is 9.64 Å². The number of anilines is 3. The topological polar surface area (TPSA) is 17.4 Å². The van der Waals surface area contributed by atoms with Crippen LogP contribution in [0, 0.1) is 0 Å². The molecule has 11 aromatic rings. The molecule has 0 spiro atoms. The molecular formula is C64H48N2O. The van der Waals surface area contributed by atoms with Crippen molar-refractivity contribution in [3.63, 3.8) is 0 Å². The third-order valence-corrected chi connectivity index (χ3v) is 14.4. The average molecular weight is 861 g/mol. The lowest BCUT2D eigenvalue weighted by Crippen LogP contribution is -2.22. The molecule has 1 fully saturated rings. The van der Waals surface area contributed by atoms with Gasteiger partial charge in [0.1, 0.15) is 11.9 Å². The SMILES string of the molecule is c1ccc(-c2ccc(-c3ccc(N(c4ccc(-c5cccc(-c6cccc7c6OC6CCCCC76)c5)cc4)c4ccc5ccccc5c4)cc3)c(-n3c4ccccc4c4ccccc43)c2)cc1. The number of fused-ring (bicyclic) bond motifs is 7. The monoisotopic (exact) mass is 860 g/mol. The zero-order chi connectivity index (χ0) is 44.3. The Morgan fingerprint density at radius 3 is 1.75 bits per heavy atom. The maximum Gasteiger partial charge on any atom is 0.131 e. The van der Waals surface area contributed by atoms with Crippen molar-refractivity contribution < 1.29 is 4.74 Å². The second-order valence-electron chi connectivity index (χ2n) is 18.3. The van der Waals surface area contributed by atoms with Gasteiger partial charge >= 0.3 is 0 Å². The molecule has 0 bridgehead atoms. The van der Waals surface area contributed by atoms with Crippen LogP contribution in [0.1, 0.15) is 37.2 Å². The van der Waals surface area contributed by atoms with Crippen molar-refractivity contribution in [1.82, 2.24) is 4.57 Å². The predicted molar refractivity (Wildman–Crippen MR) is 280 cm³/mol. The molecule has 1 aromatic heterocycles. The molecule has 0 saturated heterocycles. The van der Waals surface area contributed by atoms with Gasteiger partial charge in [0.2, 0.25) is 0 Å². The Balaban J connectivity index is 0.891. The first-order chi connectivity index (χ1) is 33.2. The van der Waals surface area contributed by atoms with Crippen LogP contribution in [0.15, 0.2) is 231 Å². The molecule has 0 radical (unpaired) electrons. The van der Waals surface area contributed by atoms with Crippen LogP contribution in [0.25, 0.3) is 82.8 Å². The Morgan fingerprint density at radius 2 is 0.970 bits per heavy atom. The highest BCUT2D eigenvalue weighted by atomic mass is 16.5. The fraction of sp³-hybridized carbons (Fsp3) is 0.0938.